The molecule has 1 aliphatic rings. The first-order chi connectivity index (χ1) is 12.1. The second kappa shape index (κ2) is 6.16. The summed E-state index contributed by atoms with van der Waals surface area (Å²) in [5.41, 5.74) is 4.38. The van der Waals surface area contributed by atoms with Gasteiger partial charge in [0.05, 0.1) is 0 Å². The Morgan fingerprint density at radius 3 is 2.68 bits per heavy atom. The maximum atomic E-state index is 14.2. The molecule has 0 saturated carbocycles. The second-order valence-corrected chi connectivity index (χ2v) is 6.26. The molecule has 0 spiro atoms. The molecule has 1 amide bonds. The van der Waals surface area contributed by atoms with Gasteiger partial charge in [-0.1, -0.05) is 30.3 Å². The summed E-state index contributed by atoms with van der Waals surface area (Å²) < 4.78 is 15.8. The lowest BCUT2D eigenvalue weighted by molar-refractivity contribution is 0.102. The molecule has 1 aliphatic carbocycles. The molecule has 3 aromatic rings. The minimum Gasteiger partial charge on any atom is -0.320 e. The summed E-state index contributed by atoms with van der Waals surface area (Å²) in [6, 6.07) is 14.1. The Balaban J connectivity index is 1.74. The Bertz CT molecular complexity index is 961. The smallest absolute Gasteiger partial charge is 0.276 e. The fourth-order valence-corrected chi connectivity index (χ4v) is 3.34. The number of anilines is 1. The van der Waals surface area contributed by atoms with Crippen molar-refractivity contribution in [2.75, 3.05) is 5.32 Å². The van der Waals surface area contributed by atoms with Crippen molar-refractivity contribution in [3.63, 3.8) is 0 Å². The summed E-state index contributed by atoms with van der Waals surface area (Å²) in [6.07, 6.45) is 2.54. The molecule has 0 atom stereocenters. The molecule has 0 saturated heterocycles. The van der Waals surface area contributed by atoms with E-state index in [4.69, 9.17) is 0 Å². The summed E-state index contributed by atoms with van der Waals surface area (Å²) in [7, 11) is 0. The normalized spacial score (nSPS) is 12.9. The number of hydrogen-bond acceptors (Lipinski definition) is 2. The summed E-state index contributed by atoms with van der Waals surface area (Å²) in [5.74, 6) is -0.590. The predicted octanol–water partition coefficient (Wildman–Crippen LogP) is 4.06. The van der Waals surface area contributed by atoms with Crippen LogP contribution in [0.25, 0.3) is 5.69 Å². The predicted molar refractivity (Wildman–Crippen MR) is 94.7 cm³/mol. The fourth-order valence-electron chi connectivity index (χ4n) is 3.34. The Hall–Kier alpha value is -2.95. The van der Waals surface area contributed by atoms with Gasteiger partial charge in [-0.25, -0.2) is 9.07 Å². The molecule has 1 heterocycles. The van der Waals surface area contributed by atoms with E-state index in [1.807, 2.05) is 31.2 Å². The number of aryl methyl sites for hydroxylation is 1. The number of para-hydroxylation sites is 2. The highest BCUT2D eigenvalue weighted by Gasteiger charge is 2.27. The SMILES string of the molecule is Cc1ccccc1NC(=O)c1nn(-c2ccccc2F)c2c1CCC2. The van der Waals surface area contributed by atoms with Crippen LogP contribution in [-0.4, -0.2) is 15.7 Å². The first-order valence-electron chi connectivity index (χ1n) is 8.38. The van der Waals surface area contributed by atoms with Crippen molar-refractivity contribution >= 4 is 11.6 Å². The lowest BCUT2D eigenvalue weighted by atomic mass is 10.1. The first kappa shape index (κ1) is 15.6. The van der Waals surface area contributed by atoms with Crippen LogP contribution in [0, 0.1) is 12.7 Å². The quantitative estimate of drug-likeness (QED) is 0.784. The summed E-state index contributed by atoms with van der Waals surface area (Å²) in [5, 5.41) is 7.38. The molecule has 1 N–H and O–H groups in total. The topological polar surface area (TPSA) is 46.9 Å². The highest BCUT2D eigenvalue weighted by Crippen LogP contribution is 2.29. The van der Waals surface area contributed by atoms with Gasteiger partial charge in [0, 0.05) is 16.9 Å². The molecular formula is C20H18FN3O. The van der Waals surface area contributed by atoms with Gasteiger partial charge in [0.1, 0.15) is 11.5 Å². The van der Waals surface area contributed by atoms with Crippen molar-refractivity contribution in [1.29, 1.82) is 0 Å². The standard InChI is InChI=1S/C20H18FN3O/c1-13-7-2-4-10-16(13)22-20(25)19-14-8-6-12-17(14)24(23-19)18-11-5-3-9-15(18)21/h2-5,7,9-11H,6,8,12H2,1H3,(H,22,25). The van der Waals surface area contributed by atoms with E-state index in [-0.39, 0.29) is 11.7 Å². The Morgan fingerprint density at radius 1 is 1.12 bits per heavy atom. The van der Waals surface area contributed by atoms with Crippen molar-refractivity contribution < 1.29 is 9.18 Å². The molecule has 4 nitrogen and oxygen atoms in total. The van der Waals surface area contributed by atoms with Gasteiger partial charge in [-0.15, -0.1) is 0 Å². The molecule has 126 valence electrons. The number of fused-ring (bicyclic) bond motifs is 1. The number of amides is 1. The molecule has 2 aromatic carbocycles. The van der Waals surface area contributed by atoms with Crippen LogP contribution in [0.2, 0.25) is 0 Å². The number of nitrogens with one attached hydrogen (secondary N) is 1. The summed E-state index contributed by atoms with van der Waals surface area (Å²) in [6.45, 7) is 1.94. The highest BCUT2D eigenvalue weighted by atomic mass is 19.1. The van der Waals surface area contributed by atoms with E-state index in [9.17, 15) is 9.18 Å². The number of carbonyl (C=O) groups excluding carboxylic acids is 1. The number of halogens is 1. The zero-order chi connectivity index (χ0) is 17.4. The summed E-state index contributed by atoms with van der Waals surface area (Å²) in [4.78, 5) is 12.8. The molecule has 4 rings (SSSR count). The average Bonchev–Trinajstić information content (AvgIpc) is 3.20. The van der Waals surface area contributed by atoms with E-state index in [2.05, 4.69) is 10.4 Å². The van der Waals surface area contributed by atoms with Gasteiger partial charge < -0.3 is 5.32 Å². The van der Waals surface area contributed by atoms with E-state index in [0.717, 1.165) is 41.8 Å². The summed E-state index contributed by atoms with van der Waals surface area (Å²) >= 11 is 0. The molecule has 0 bridgehead atoms. The van der Waals surface area contributed by atoms with Crippen LogP contribution in [0.5, 0.6) is 0 Å². The maximum absolute atomic E-state index is 14.2. The minimum atomic E-state index is -0.342. The molecule has 0 radical (unpaired) electrons. The molecule has 0 unspecified atom stereocenters. The van der Waals surface area contributed by atoms with Gasteiger partial charge in [-0.05, 0) is 49.9 Å². The van der Waals surface area contributed by atoms with Crippen LogP contribution in [0.1, 0.15) is 33.7 Å². The van der Waals surface area contributed by atoms with E-state index < -0.39 is 0 Å². The second-order valence-electron chi connectivity index (χ2n) is 6.26. The highest BCUT2D eigenvalue weighted by molar-refractivity contribution is 6.04. The largest absolute Gasteiger partial charge is 0.320 e. The Kier molecular flexibility index (Phi) is 3.84. The third-order valence-corrected chi connectivity index (χ3v) is 4.62. The van der Waals surface area contributed by atoms with Crippen LogP contribution in [0.15, 0.2) is 48.5 Å². The van der Waals surface area contributed by atoms with Crippen molar-refractivity contribution in [1.82, 2.24) is 9.78 Å². The third kappa shape index (κ3) is 2.71. The van der Waals surface area contributed by atoms with E-state index in [1.165, 1.54) is 6.07 Å². The zero-order valence-electron chi connectivity index (χ0n) is 13.9. The maximum Gasteiger partial charge on any atom is 0.276 e. The van der Waals surface area contributed by atoms with E-state index >= 15 is 0 Å². The van der Waals surface area contributed by atoms with Gasteiger partial charge in [0.25, 0.3) is 5.91 Å². The van der Waals surface area contributed by atoms with Gasteiger partial charge >= 0.3 is 0 Å². The molecule has 0 aliphatic heterocycles. The number of rotatable bonds is 3. The van der Waals surface area contributed by atoms with Crippen molar-refractivity contribution in [2.45, 2.75) is 26.2 Å². The molecular weight excluding hydrogens is 317 g/mol. The Morgan fingerprint density at radius 2 is 1.88 bits per heavy atom. The van der Waals surface area contributed by atoms with Gasteiger partial charge in [-0.3, -0.25) is 4.79 Å². The molecule has 1 aromatic heterocycles. The van der Waals surface area contributed by atoms with E-state index in [0.29, 0.717) is 11.4 Å². The number of carbonyl (C=O) groups is 1. The van der Waals surface area contributed by atoms with Crippen LogP contribution in [0.3, 0.4) is 0 Å². The molecule has 25 heavy (non-hydrogen) atoms. The fraction of sp³-hybridized carbons (Fsp3) is 0.200. The van der Waals surface area contributed by atoms with Crippen LogP contribution in [0.4, 0.5) is 10.1 Å². The lowest BCUT2D eigenvalue weighted by Gasteiger charge is -2.07. The zero-order valence-corrected chi connectivity index (χ0v) is 13.9. The first-order valence-corrected chi connectivity index (χ1v) is 8.38. The van der Waals surface area contributed by atoms with Crippen LogP contribution < -0.4 is 5.32 Å². The third-order valence-electron chi connectivity index (χ3n) is 4.62. The number of aromatic nitrogens is 2. The van der Waals surface area contributed by atoms with Crippen molar-refractivity contribution in [3.8, 4) is 5.69 Å². The van der Waals surface area contributed by atoms with E-state index in [1.54, 1.807) is 22.9 Å². The number of benzene rings is 2. The van der Waals surface area contributed by atoms with Crippen molar-refractivity contribution in [3.05, 3.63) is 76.9 Å². The molecule has 5 heteroatoms. The molecule has 0 fully saturated rings. The Labute approximate surface area is 145 Å². The van der Waals surface area contributed by atoms with Crippen molar-refractivity contribution in [2.24, 2.45) is 0 Å². The monoisotopic (exact) mass is 335 g/mol. The van der Waals surface area contributed by atoms with Crippen LogP contribution >= 0.6 is 0 Å². The van der Waals surface area contributed by atoms with Gasteiger partial charge in [-0.2, -0.15) is 5.10 Å². The van der Waals surface area contributed by atoms with Crippen LogP contribution in [-0.2, 0) is 12.8 Å². The number of nitrogens with zero attached hydrogens (tertiary/aromatic N) is 2. The van der Waals surface area contributed by atoms with Gasteiger partial charge in [0.2, 0.25) is 0 Å². The number of hydrogen-bond donors (Lipinski definition) is 1. The average molecular weight is 335 g/mol. The van der Waals surface area contributed by atoms with Gasteiger partial charge in [0.15, 0.2) is 5.69 Å². The minimum absolute atomic E-state index is 0.248. The lowest BCUT2D eigenvalue weighted by Crippen LogP contribution is -2.15.